The van der Waals surface area contributed by atoms with Gasteiger partial charge in [-0.2, -0.15) is 0 Å². The zero-order chi connectivity index (χ0) is 20.3. The highest BCUT2D eigenvalue weighted by Crippen LogP contribution is 2.46. The monoisotopic (exact) mass is 386 g/mol. The summed E-state index contributed by atoms with van der Waals surface area (Å²) in [6.45, 7) is 0. The third kappa shape index (κ3) is 3.29. The van der Waals surface area contributed by atoms with E-state index < -0.39 is 0 Å². The van der Waals surface area contributed by atoms with Gasteiger partial charge in [0.15, 0.2) is 5.78 Å². The molecule has 0 heterocycles. The largest absolute Gasteiger partial charge is 0.293 e. The van der Waals surface area contributed by atoms with Gasteiger partial charge in [0, 0.05) is 11.5 Å². The van der Waals surface area contributed by atoms with Gasteiger partial charge in [-0.15, -0.1) is 0 Å². The van der Waals surface area contributed by atoms with Gasteiger partial charge in [0.2, 0.25) is 0 Å². The average molecular weight is 386 g/mol. The number of rotatable bonds is 4. The maximum absolute atomic E-state index is 13.8. The first kappa shape index (κ1) is 18.3. The number of fused-ring (bicyclic) bond motifs is 1. The topological polar surface area (TPSA) is 17.1 Å². The van der Waals surface area contributed by atoms with Crippen LogP contribution in [0.4, 0.5) is 0 Å². The third-order valence-corrected chi connectivity index (χ3v) is 5.90. The zero-order valence-corrected chi connectivity index (χ0v) is 16.6. The Morgan fingerprint density at radius 3 is 1.87 bits per heavy atom. The molecule has 0 radical (unpaired) electrons. The molecule has 0 bridgehead atoms. The van der Waals surface area contributed by atoms with E-state index in [9.17, 15) is 4.79 Å². The molecule has 0 unspecified atom stereocenters. The Bertz CT molecular complexity index is 1190. The fourth-order valence-electron chi connectivity index (χ4n) is 4.49. The summed E-state index contributed by atoms with van der Waals surface area (Å²) in [5.74, 6) is -0.109. The molecule has 2 atom stereocenters. The first-order chi connectivity index (χ1) is 14.8. The molecule has 4 aromatic rings. The Morgan fingerprint density at radius 1 is 0.600 bits per heavy atom. The van der Waals surface area contributed by atoms with Gasteiger partial charge >= 0.3 is 0 Å². The summed E-state index contributed by atoms with van der Waals surface area (Å²) >= 11 is 0. The molecule has 0 saturated carbocycles. The Hall–Kier alpha value is -3.71. The van der Waals surface area contributed by atoms with Crippen LogP contribution in [-0.4, -0.2) is 5.78 Å². The molecule has 0 fully saturated rings. The predicted octanol–water partition coefficient (Wildman–Crippen LogP) is 6.88. The van der Waals surface area contributed by atoms with E-state index in [1.165, 1.54) is 11.1 Å². The van der Waals surface area contributed by atoms with Gasteiger partial charge in [-0.25, -0.2) is 0 Å². The van der Waals surface area contributed by atoms with Crippen molar-refractivity contribution in [1.82, 2.24) is 0 Å². The number of hydrogen-bond donors (Lipinski definition) is 0. The molecule has 0 saturated heterocycles. The normalized spacial score (nSPS) is 17.7. The minimum Gasteiger partial charge on any atom is -0.293 e. The number of benzene rings is 4. The molecule has 0 amide bonds. The van der Waals surface area contributed by atoms with E-state index in [1.807, 2.05) is 48.5 Å². The second-order valence-corrected chi connectivity index (χ2v) is 7.68. The SMILES string of the molecule is O=C(c1ccccc1)[C@@H]1c2ccccc2C(c2ccccc2)=C[C@H]1c1ccccc1. The molecule has 4 aromatic carbocycles. The van der Waals surface area contributed by atoms with Crippen LogP contribution in [0.3, 0.4) is 0 Å². The van der Waals surface area contributed by atoms with Crippen LogP contribution in [0.25, 0.3) is 5.57 Å². The van der Waals surface area contributed by atoms with Crippen LogP contribution in [0.5, 0.6) is 0 Å². The molecule has 0 aromatic heterocycles. The van der Waals surface area contributed by atoms with E-state index in [1.54, 1.807) is 0 Å². The van der Waals surface area contributed by atoms with Crippen LogP contribution in [0.1, 0.15) is 44.4 Å². The molecule has 5 rings (SSSR count). The maximum Gasteiger partial charge on any atom is 0.171 e. The van der Waals surface area contributed by atoms with Gasteiger partial charge < -0.3 is 0 Å². The van der Waals surface area contributed by atoms with Crippen LogP contribution < -0.4 is 0 Å². The molecule has 1 aliphatic rings. The lowest BCUT2D eigenvalue weighted by Crippen LogP contribution is -2.24. The second kappa shape index (κ2) is 7.96. The van der Waals surface area contributed by atoms with Gasteiger partial charge in [0.1, 0.15) is 0 Å². The summed E-state index contributed by atoms with van der Waals surface area (Å²) in [6.07, 6.45) is 2.29. The molecule has 1 aliphatic carbocycles. The van der Waals surface area contributed by atoms with Crippen LogP contribution in [0, 0.1) is 0 Å². The van der Waals surface area contributed by atoms with Gasteiger partial charge in [-0.1, -0.05) is 121 Å². The second-order valence-electron chi connectivity index (χ2n) is 7.68. The fourth-order valence-corrected chi connectivity index (χ4v) is 4.49. The number of ketones is 1. The first-order valence-corrected chi connectivity index (χ1v) is 10.3. The lowest BCUT2D eigenvalue weighted by atomic mass is 9.69. The van der Waals surface area contributed by atoms with Crippen molar-refractivity contribution in [3.05, 3.63) is 149 Å². The van der Waals surface area contributed by atoms with Crippen LogP contribution in [0.15, 0.2) is 121 Å². The molecule has 0 aliphatic heterocycles. The van der Waals surface area contributed by atoms with Crippen molar-refractivity contribution >= 4 is 11.4 Å². The highest BCUT2D eigenvalue weighted by atomic mass is 16.1. The van der Waals surface area contributed by atoms with Crippen LogP contribution in [-0.2, 0) is 0 Å². The zero-order valence-electron chi connectivity index (χ0n) is 16.6. The number of hydrogen-bond acceptors (Lipinski definition) is 1. The van der Waals surface area contributed by atoms with Crippen LogP contribution in [0.2, 0.25) is 0 Å². The summed E-state index contributed by atoms with van der Waals surface area (Å²) in [6, 6.07) is 38.9. The Kier molecular flexibility index (Phi) is 4.86. The van der Waals surface area contributed by atoms with Crippen molar-refractivity contribution in [2.45, 2.75) is 11.8 Å². The van der Waals surface area contributed by atoms with E-state index in [0.29, 0.717) is 0 Å². The smallest absolute Gasteiger partial charge is 0.171 e. The lowest BCUT2D eigenvalue weighted by Gasteiger charge is -2.32. The first-order valence-electron chi connectivity index (χ1n) is 10.3. The number of allylic oxidation sites excluding steroid dienone is 1. The summed E-state index contributed by atoms with van der Waals surface area (Å²) in [5, 5.41) is 0. The number of carbonyl (C=O) groups is 1. The minimum absolute atomic E-state index is 0.0241. The van der Waals surface area contributed by atoms with E-state index in [0.717, 1.165) is 22.3 Å². The highest BCUT2D eigenvalue weighted by molar-refractivity contribution is 6.04. The summed E-state index contributed by atoms with van der Waals surface area (Å²) in [5.41, 5.74) is 6.53. The molecular weight excluding hydrogens is 364 g/mol. The van der Waals surface area contributed by atoms with E-state index in [-0.39, 0.29) is 17.6 Å². The third-order valence-electron chi connectivity index (χ3n) is 5.90. The molecule has 144 valence electrons. The summed E-state index contributed by atoms with van der Waals surface area (Å²) < 4.78 is 0. The minimum atomic E-state index is -0.251. The van der Waals surface area contributed by atoms with Crippen molar-refractivity contribution < 1.29 is 4.79 Å². The summed E-state index contributed by atoms with van der Waals surface area (Å²) in [7, 11) is 0. The van der Waals surface area contributed by atoms with Crippen molar-refractivity contribution in [1.29, 1.82) is 0 Å². The van der Waals surface area contributed by atoms with E-state index in [4.69, 9.17) is 0 Å². The quantitative estimate of drug-likeness (QED) is 0.349. The van der Waals surface area contributed by atoms with E-state index >= 15 is 0 Å². The van der Waals surface area contributed by atoms with Crippen molar-refractivity contribution in [2.75, 3.05) is 0 Å². The van der Waals surface area contributed by atoms with Gasteiger partial charge in [-0.3, -0.25) is 4.79 Å². The standard InChI is InChI=1S/C29H22O/c30-29(23-16-8-3-9-17-23)28-25-19-11-10-18-24(25)26(21-12-4-1-5-13-21)20-27(28)22-14-6-2-7-15-22/h1-20,27-28H/t27-,28+/m0/s1. The Morgan fingerprint density at radius 2 is 1.17 bits per heavy atom. The maximum atomic E-state index is 13.8. The fraction of sp³-hybridized carbons (Fsp3) is 0.0690. The van der Waals surface area contributed by atoms with E-state index in [2.05, 4.69) is 72.8 Å². The average Bonchev–Trinajstić information content (AvgIpc) is 2.84. The molecule has 1 heteroatoms. The predicted molar refractivity (Wildman–Crippen MR) is 123 cm³/mol. The van der Waals surface area contributed by atoms with Crippen molar-refractivity contribution in [3.8, 4) is 0 Å². The highest BCUT2D eigenvalue weighted by Gasteiger charge is 2.36. The Balaban J connectivity index is 1.73. The molecular formula is C29H22O. The summed E-state index contributed by atoms with van der Waals surface area (Å²) in [4.78, 5) is 13.8. The van der Waals surface area contributed by atoms with Gasteiger partial charge in [-0.05, 0) is 27.8 Å². The van der Waals surface area contributed by atoms with Gasteiger partial charge in [0.05, 0.1) is 5.92 Å². The Labute approximate surface area is 177 Å². The lowest BCUT2D eigenvalue weighted by molar-refractivity contribution is 0.0952. The molecule has 1 nitrogen and oxygen atoms in total. The molecule has 0 spiro atoms. The van der Waals surface area contributed by atoms with Crippen molar-refractivity contribution in [3.63, 3.8) is 0 Å². The molecule has 30 heavy (non-hydrogen) atoms. The van der Waals surface area contributed by atoms with Gasteiger partial charge in [0.25, 0.3) is 0 Å². The number of Topliss-reactive ketones (excluding diaryl/α,β-unsaturated/α-hetero) is 1. The van der Waals surface area contributed by atoms with Crippen molar-refractivity contribution in [2.24, 2.45) is 0 Å². The van der Waals surface area contributed by atoms with Crippen LogP contribution >= 0.6 is 0 Å². The number of carbonyl (C=O) groups excluding carboxylic acids is 1. The molecule has 0 N–H and O–H groups in total.